The monoisotopic (exact) mass is 686 g/mol. The van der Waals surface area contributed by atoms with Gasteiger partial charge in [0.05, 0.1) is 31.5 Å². The highest BCUT2D eigenvalue weighted by Crippen LogP contribution is 2.34. The summed E-state index contributed by atoms with van der Waals surface area (Å²) in [4.78, 5) is 42.6. The molecule has 5 aromatic rings. The van der Waals surface area contributed by atoms with Gasteiger partial charge in [-0.05, 0) is 79.5 Å². The number of nitrogens with zero attached hydrogens (tertiary/aromatic N) is 4. The number of aryl methyl sites for hydroxylation is 1. The Balaban J connectivity index is 1.13. The summed E-state index contributed by atoms with van der Waals surface area (Å²) in [5.41, 5.74) is 3.10. The van der Waals surface area contributed by atoms with Crippen molar-refractivity contribution in [3.63, 3.8) is 0 Å². The molecule has 0 radical (unpaired) electrons. The van der Waals surface area contributed by atoms with Crippen molar-refractivity contribution in [3.05, 3.63) is 99.4 Å². The fourth-order valence-corrected chi connectivity index (χ4v) is 7.90. The van der Waals surface area contributed by atoms with Gasteiger partial charge in [0.1, 0.15) is 17.6 Å². The number of benzene rings is 3. The molecular weight excluding hydrogens is 652 g/mol. The smallest absolute Gasteiger partial charge is 0.239 e. The molecule has 1 aliphatic heterocycles. The molecular formula is C34H35ClN6O4SSi. The van der Waals surface area contributed by atoms with Crippen LogP contribution in [0.25, 0.3) is 15.8 Å². The average Bonchev–Trinajstić information content (AvgIpc) is 3.60. The molecule has 10 nitrogen and oxygen atoms in total. The van der Waals surface area contributed by atoms with E-state index in [9.17, 15) is 14.4 Å². The predicted octanol–water partition coefficient (Wildman–Crippen LogP) is 4.61. The molecule has 0 bridgehead atoms. The molecule has 3 N–H and O–H groups in total. The first-order valence-corrected chi connectivity index (χ1v) is 19.4. The van der Waals surface area contributed by atoms with Gasteiger partial charge in [-0.15, -0.1) is 21.5 Å². The SMILES string of the molecule is COc1ccc2c(c1)C(c1ccc(Cl)cc1)=NC(CC(=O)NCC(=O)NCCc1cc3ccc([Si](C)(C)O)cc3s1)c1nnc(C)n1-2. The molecule has 0 fully saturated rings. The standard InChI is InChI=1S/C34H35ClN6O4SSi/c1-20-39-40-34-28(38-33(21-5-8-23(35)9-6-21)27-16-24(45-2)10-12-29(27)41(20)34)18-31(42)37-19-32(43)36-14-13-25-15-22-7-11-26(47(3,4)44)17-30(22)46-25/h5-12,15-17,28,44H,13-14,18-19H2,1-4H3,(H,36,43)(H,37,42). The van der Waals surface area contributed by atoms with Crippen molar-refractivity contribution in [2.24, 2.45) is 4.99 Å². The third-order valence-corrected chi connectivity index (χ3v) is 11.2. The highest BCUT2D eigenvalue weighted by Gasteiger charge is 2.30. The highest BCUT2D eigenvalue weighted by molar-refractivity contribution is 7.19. The lowest BCUT2D eigenvalue weighted by Gasteiger charge is -2.14. The molecule has 0 aliphatic carbocycles. The summed E-state index contributed by atoms with van der Waals surface area (Å²) in [6.07, 6.45) is 0.629. The minimum atomic E-state index is -2.38. The van der Waals surface area contributed by atoms with E-state index in [-0.39, 0.29) is 24.8 Å². The fraction of sp³-hybridized carbons (Fsp3) is 0.265. The van der Waals surface area contributed by atoms with Crippen molar-refractivity contribution < 1.29 is 19.1 Å². The Labute approximate surface area is 282 Å². The molecule has 0 saturated carbocycles. The molecule has 3 aromatic carbocycles. The Hall–Kier alpha value is -4.36. The molecule has 1 unspecified atom stereocenters. The second kappa shape index (κ2) is 13.4. The van der Waals surface area contributed by atoms with E-state index in [1.165, 1.54) is 0 Å². The number of thiophene rings is 1. The van der Waals surface area contributed by atoms with Crippen LogP contribution in [0.5, 0.6) is 5.75 Å². The van der Waals surface area contributed by atoms with Crippen LogP contribution in [0, 0.1) is 6.92 Å². The Kier molecular flexibility index (Phi) is 9.29. The number of aromatic nitrogens is 3. The molecule has 2 aromatic heterocycles. The van der Waals surface area contributed by atoms with Crippen molar-refractivity contribution in [1.29, 1.82) is 0 Å². The average molecular weight is 687 g/mol. The molecule has 6 rings (SSSR count). The largest absolute Gasteiger partial charge is 0.497 e. The lowest BCUT2D eigenvalue weighted by atomic mass is 10.00. The van der Waals surface area contributed by atoms with Gasteiger partial charge in [0.25, 0.3) is 0 Å². The van der Waals surface area contributed by atoms with Crippen molar-refractivity contribution in [3.8, 4) is 11.4 Å². The van der Waals surface area contributed by atoms with Gasteiger partial charge in [-0.1, -0.05) is 35.9 Å². The van der Waals surface area contributed by atoms with E-state index in [1.807, 2.05) is 67.0 Å². The Morgan fingerprint density at radius 3 is 2.55 bits per heavy atom. The number of methoxy groups -OCH3 is 1. The summed E-state index contributed by atoms with van der Waals surface area (Å²) in [5.74, 6) is 1.23. The number of carbonyl (C=O) groups is 2. The van der Waals surface area contributed by atoms with Crippen LogP contribution in [0.2, 0.25) is 18.1 Å². The zero-order valence-electron chi connectivity index (χ0n) is 26.5. The topological polar surface area (TPSA) is 131 Å². The van der Waals surface area contributed by atoms with Crippen molar-refractivity contribution in [1.82, 2.24) is 25.4 Å². The summed E-state index contributed by atoms with van der Waals surface area (Å²) >= 11 is 7.85. The summed E-state index contributed by atoms with van der Waals surface area (Å²) < 4.78 is 8.56. The van der Waals surface area contributed by atoms with E-state index in [2.05, 4.69) is 33.0 Å². The normalized spacial score (nSPS) is 14.2. The van der Waals surface area contributed by atoms with E-state index >= 15 is 0 Å². The van der Waals surface area contributed by atoms with Crippen LogP contribution in [0.1, 0.15) is 40.1 Å². The zero-order valence-corrected chi connectivity index (χ0v) is 29.1. The van der Waals surface area contributed by atoms with E-state index in [0.29, 0.717) is 41.1 Å². The molecule has 3 heterocycles. The second-order valence-electron chi connectivity index (χ2n) is 11.9. The maximum atomic E-state index is 13.2. The third-order valence-electron chi connectivity index (χ3n) is 8.05. The van der Waals surface area contributed by atoms with Gasteiger partial charge in [-0.25, -0.2) is 0 Å². The maximum Gasteiger partial charge on any atom is 0.239 e. The maximum absolute atomic E-state index is 13.2. The number of amides is 2. The number of hydrogen-bond donors (Lipinski definition) is 3. The van der Waals surface area contributed by atoms with E-state index in [0.717, 1.165) is 37.0 Å². The van der Waals surface area contributed by atoms with Crippen molar-refractivity contribution >= 4 is 64.1 Å². The van der Waals surface area contributed by atoms with Crippen LogP contribution < -0.4 is 20.6 Å². The highest BCUT2D eigenvalue weighted by atomic mass is 35.5. The lowest BCUT2D eigenvalue weighted by Crippen LogP contribution is -2.41. The van der Waals surface area contributed by atoms with Crippen molar-refractivity contribution in [2.75, 3.05) is 20.2 Å². The molecule has 0 saturated heterocycles. The zero-order chi connectivity index (χ0) is 33.3. The van der Waals surface area contributed by atoms with Crippen LogP contribution in [-0.4, -0.2) is 65.6 Å². The first kappa shape index (κ1) is 32.6. The van der Waals surface area contributed by atoms with Gasteiger partial charge >= 0.3 is 0 Å². The van der Waals surface area contributed by atoms with Crippen LogP contribution in [0.15, 0.2) is 71.7 Å². The Morgan fingerprint density at radius 2 is 1.81 bits per heavy atom. The number of rotatable bonds is 10. The number of aliphatic imine (C=N–C) groups is 1. The first-order valence-electron chi connectivity index (χ1n) is 15.2. The molecule has 13 heteroatoms. The number of halogens is 1. The Bertz CT molecular complexity index is 2000. The lowest BCUT2D eigenvalue weighted by molar-refractivity contribution is -0.126. The minimum Gasteiger partial charge on any atom is -0.497 e. The van der Waals surface area contributed by atoms with Gasteiger partial charge in [0.15, 0.2) is 5.82 Å². The quantitative estimate of drug-likeness (QED) is 0.184. The van der Waals surface area contributed by atoms with Gasteiger partial charge < -0.3 is 20.2 Å². The molecule has 242 valence electrons. The number of hydrogen-bond acceptors (Lipinski definition) is 8. The number of nitrogens with one attached hydrogen (secondary N) is 2. The fourth-order valence-electron chi connectivity index (χ4n) is 5.58. The molecule has 2 amide bonds. The molecule has 0 spiro atoms. The van der Waals surface area contributed by atoms with Crippen LogP contribution in [0.3, 0.4) is 0 Å². The van der Waals surface area contributed by atoms with Gasteiger partial charge in [-0.2, -0.15) is 0 Å². The summed E-state index contributed by atoms with van der Waals surface area (Å²) in [6, 6.07) is 20.6. The molecule has 1 aliphatic rings. The van der Waals surface area contributed by atoms with Crippen LogP contribution in [-0.2, 0) is 16.0 Å². The molecule has 47 heavy (non-hydrogen) atoms. The number of fused-ring (bicyclic) bond motifs is 4. The van der Waals surface area contributed by atoms with Gasteiger partial charge in [-0.3, -0.25) is 19.1 Å². The Morgan fingerprint density at radius 1 is 1.02 bits per heavy atom. The van der Waals surface area contributed by atoms with Crippen LogP contribution >= 0.6 is 22.9 Å². The van der Waals surface area contributed by atoms with Crippen LogP contribution in [0.4, 0.5) is 0 Å². The number of ether oxygens (including phenoxy) is 1. The van der Waals surface area contributed by atoms with E-state index in [1.54, 1.807) is 30.6 Å². The predicted molar refractivity (Wildman–Crippen MR) is 188 cm³/mol. The minimum absolute atomic E-state index is 0.0368. The summed E-state index contributed by atoms with van der Waals surface area (Å²) in [7, 11) is -0.774. The van der Waals surface area contributed by atoms with Gasteiger partial charge in [0, 0.05) is 32.3 Å². The second-order valence-corrected chi connectivity index (χ2v) is 17.2. The summed E-state index contributed by atoms with van der Waals surface area (Å²) in [5, 5.41) is 17.1. The molecule has 1 atom stereocenters. The van der Waals surface area contributed by atoms with E-state index in [4.69, 9.17) is 21.3 Å². The summed E-state index contributed by atoms with van der Waals surface area (Å²) in [6.45, 7) is 5.95. The number of carbonyl (C=O) groups excluding carboxylic acids is 2. The van der Waals surface area contributed by atoms with Crippen molar-refractivity contribution in [2.45, 2.75) is 38.9 Å². The van der Waals surface area contributed by atoms with E-state index < -0.39 is 14.4 Å². The van der Waals surface area contributed by atoms with Gasteiger partial charge in [0.2, 0.25) is 20.1 Å². The first-order chi connectivity index (χ1) is 22.5. The third kappa shape index (κ3) is 7.15.